The summed E-state index contributed by atoms with van der Waals surface area (Å²) in [5, 5.41) is 11.6. The highest BCUT2D eigenvalue weighted by Crippen LogP contribution is 2.29. The zero-order valence-corrected chi connectivity index (χ0v) is 11.7. The number of hydrogen-bond donors (Lipinski definition) is 2. The number of piperidine rings is 1. The van der Waals surface area contributed by atoms with Crippen molar-refractivity contribution in [3.8, 4) is 0 Å². The van der Waals surface area contributed by atoms with E-state index in [2.05, 4.69) is 19.2 Å². The van der Waals surface area contributed by atoms with Gasteiger partial charge in [0.15, 0.2) is 0 Å². The van der Waals surface area contributed by atoms with Crippen LogP contribution in [0, 0.1) is 11.3 Å². The number of carbonyl (C=O) groups excluding carboxylic acids is 1. The first-order valence-corrected chi connectivity index (χ1v) is 6.51. The van der Waals surface area contributed by atoms with Gasteiger partial charge in [-0.1, -0.05) is 27.7 Å². The van der Waals surface area contributed by atoms with E-state index in [9.17, 15) is 9.59 Å². The standard InChI is InChI=1S/C13H24N2O3/c1-9(2)10(11(16)17)14-12(18)15-7-5-13(3,4)6-8-15/h9-10H,5-8H2,1-4H3,(H,14,18)(H,16,17). The van der Waals surface area contributed by atoms with Crippen LogP contribution in [0.5, 0.6) is 0 Å². The summed E-state index contributed by atoms with van der Waals surface area (Å²) >= 11 is 0. The molecule has 0 aromatic carbocycles. The number of hydrogen-bond acceptors (Lipinski definition) is 2. The predicted octanol–water partition coefficient (Wildman–Crippen LogP) is 1.93. The molecule has 0 aromatic rings. The van der Waals surface area contributed by atoms with Gasteiger partial charge in [-0.15, -0.1) is 0 Å². The van der Waals surface area contributed by atoms with Gasteiger partial charge in [0, 0.05) is 13.1 Å². The van der Waals surface area contributed by atoms with E-state index < -0.39 is 12.0 Å². The van der Waals surface area contributed by atoms with Crippen molar-refractivity contribution >= 4 is 12.0 Å². The fourth-order valence-electron chi connectivity index (χ4n) is 2.05. The molecule has 5 heteroatoms. The molecule has 0 saturated carbocycles. The van der Waals surface area contributed by atoms with Crippen LogP contribution in [0.3, 0.4) is 0 Å². The molecule has 2 N–H and O–H groups in total. The molecule has 0 aromatic heterocycles. The molecule has 2 amide bonds. The Morgan fingerprint density at radius 2 is 1.72 bits per heavy atom. The summed E-state index contributed by atoms with van der Waals surface area (Å²) in [5.41, 5.74) is 0.279. The molecule has 1 heterocycles. The van der Waals surface area contributed by atoms with Crippen LogP contribution < -0.4 is 5.32 Å². The number of likely N-dealkylation sites (tertiary alicyclic amines) is 1. The maximum absolute atomic E-state index is 12.0. The van der Waals surface area contributed by atoms with Crippen LogP contribution in [-0.4, -0.2) is 41.1 Å². The van der Waals surface area contributed by atoms with E-state index in [0.29, 0.717) is 13.1 Å². The minimum absolute atomic E-state index is 0.118. The number of nitrogens with zero attached hydrogens (tertiary/aromatic N) is 1. The van der Waals surface area contributed by atoms with Crippen molar-refractivity contribution in [2.45, 2.75) is 46.6 Å². The average molecular weight is 256 g/mol. The van der Waals surface area contributed by atoms with Gasteiger partial charge in [-0.25, -0.2) is 9.59 Å². The van der Waals surface area contributed by atoms with Gasteiger partial charge in [0.1, 0.15) is 6.04 Å². The molecule has 1 aliphatic rings. The molecule has 0 radical (unpaired) electrons. The second-order valence-corrected chi connectivity index (χ2v) is 6.16. The number of amides is 2. The number of rotatable bonds is 3. The summed E-state index contributed by atoms with van der Waals surface area (Å²) in [6.45, 7) is 9.36. The van der Waals surface area contributed by atoms with Crippen molar-refractivity contribution in [2.75, 3.05) is 13.1 Å². The van der Waals surface area contributed by atoms with E-state index in [1.807, 2.05) is 0 Å². The van der Waals surface area contributed by atoms with Gasteiger partial charge in [-0.2, -0.15) is 0 Å². The average Bonchev–Trinajstić information content (AvgIpc) is 2.24. The highest BCUT2D eigenvalue weighted by Gasteiger charge is 2.30. The lowest BCUT2D eigenvalue weighted by Crippen LogP contribution is -2.52. The number of carboxylic acid groups (broad SMARTS) is 1. The highest BCUT2D eigenvalue weighted by molar-refractivity contribution is 5.82. The second-order valence-electron chi connectivity index (χ2n) is 6.16. The lowest BCUT2D eigenvalue weighted by molar-refractivity contribution is -0.140. The van der Waals surface area contributed by atoms with Crippen molar-refractivity contribution in [1.82, 2.24) is 10.2 Å². The summed E-state index contributed by atoms with van der Waals surface area (Å²) in [6.07, 6.45) is 1.92. The highest BCUT2D eigenvalue weighted by atomic mass is 16.4. The van der Waals surface area contributed by atoms with Crippen LogP contribution in [0.25, 0.3) is 0 Å². The number of nitrogens with one attached hydrogen (secondary N) is 1. The Balaban J connectivity index is 2.53. The maximum Gasteiger partial charge on any atom is 0.326 e. The van der Waals surface area contributed by atoms with Crippen LogP contribution in [-0.2, 0) is 4.79 Å². The van der Waals surface area contributed by atoms with Crippen LogP contribution in [0.4, 0.5) is 4.79 Å². The SMILES string of the molecule is CC(C)C(NC(=O)N1CCC(C)(C)CC1)C(=O)O. The van der Waals surface area contributed by atoms with E-state index in [4.69, 9.17) is 5.11 Å². The van der Waals surface area contributed by atoms with E-state index in [-0.39, 0.29) is 17.4 Å². The van der Waals surface area contributed by atoms with E-state index in [1.54, 1.807) is 18.7 Å². The molecule has 1 rings (SSSR count). The van der Waals surface area contributed by atoms with E-state index in [0.717, 1.165) is 12.8 Å². The topological polar surface area (TPSA) is 69.6 Å². The fraction of sp³-hybridized carbons (Fsp3) is 0.846. The van der Waals surface area contributed by atoms with Crippen molar-refractivity contribution in [1.29, 1.82) is 0 Å². The Hall–Kier alpha value is -1.26. The summed E-state index contributed by atoms with van der Waals surface area (Å²) in [7, 11) is 0. The van der Waals surface area contributed by atoms with Crippen LogP contribution in [0.1, 0.15) is 40.5 Å². The lowest BCUT2D eigenvalue weighted by Gasteiger charge is -2.37. The van der Waals surface area contributed by atoms with Crippen molar-refractivity contribution in [3.05, 3.63) is 0 Å². The van der Waals surface area contributed by atoms with E-state index >= 15 is 0 Å². The Kier molecular flexibility index (Phi) is 4.59. The molecular weight excluding hydrogens is 232 g/mol. The van der Waals surface area contributed by atoms with Crippen LogP contribution in [0.15, 0.2) is 0 Å². The third kappa shape index (κ3) is 3.89. The van der Waals surface area contributed by atoms with E-state index in [1.165, 1.54) is 0 Å². The molecule has 104 valence electrons. The van der Waals surface area contributed by atoms with Gasteiger partial charge >= 0.3 is 12.0 Å². The number of urea groups is 1. The molecule has 1 unspecified atom stereocenters. The van der Waals surface area contributed by atoms with Gasteiger partial charge in [0.05, 0.1) is 0 Å². The van der Waals surface area contributed by atoms with Crippen molar-refractivity contribution in [3.63, 3.8) is 0 Å². The molecule has 0 spiro atoms. The minimum atomic E-state index is -0.976. The monoisotopic (exact) mass is 256 g/mol. The quantitative estimate of drug-likeness (QED) is 0.810. The predicted molar refractivity (Wildman–Crippen MR) is 69.4 cm³/mol. The first-order valence-electron chi connectivity index (χ1n) is 6.51. The Labute approximate surface area is 109 Å². The number of aliphatic carboxylic acids is 1. The summed E-state index contributed by atoms with van der Waals surface area (Å²) in [4.78, 5) is 24.7. The normalized spacial score (nSPS) is 20.6. The fourth-order valence-corrected chi connectivity index (χ4v) is 2.05. The minimum Gasteiger partial charge on any atom is -0.480 e. The third-order valence-corrected chi connectivity index (χ3v) is 3.62. The van der Waals surface area contributed by atoms with Gasteiger partial charge in [0.25, 0.3) is 0 Å². The molecular formula is C13H24N2O3. The molecule has 18 heavy (non-hydrogen) atoms. The second kappa shape index (κ2) is 5.59. The van der Waals surface area contributed by atoms with Gasteiger partial charge in [-0.05, 0) is 24.2 Å². The molecule has 5 nitrogen and oxygen atoms in total. The molecule has 1 saturated heterocycles. The first kappa shape index (κ1) is 14.8. The molecule has 1 aliphatic heterocycles. The van der Waals surface area contributed by atoms with Gasteiger partial charge in [0.2, 0.25) is 0 Å². The molecule has 0 bridgehead atoms. The molecule has 1 fully saturated rings. The van der Waals surface area contributed by atoms with Crippen molar-refractivity contribution in [2.24, 2.45) is 11.3 Å². The van der Waals surface area contributed by atoms with Gasteiger partial charge in [-0.3, -0.25) is 0 Å². The largest absolute Gasteiger partial charge is 0.480 e. The summed E-state index contributed by atoms with van der Waals surface area (Å²) in [6, 6.07) is -1.07. The lowest BCUT2D eigenvalue weighted by atomic mass is 9.83. The number of carbonyl (C=O) groups is 2. The molecule has 0 aliphatic carbocycles. The smallest absolute Gasteiger partial charge is 0.326 e. The Morgan fingerprint density at radius 1 is 1.22 bits per heavy atom. The first-order chi connectivity index (χ1) is 8.23. The molecule has 1 atom stereocenters. The Bertz CT molecular complexity index is 316. The van der Waals surface area contributed by atoms with Crippen LogP contribution >= 0.6 is 0 Å². The van der Waals surface area contributed by atoms with Crippen LogP contribution in [0.2, 0.25) is 0 Å². The zero-order chi connectivity index (χ0) is 13.9. The zero-order valence-electron chi connectivity index (χ0n) is 11.7. The van der Waals surface area contributed by atoms with Crippen molar-refractivity contribution < 1.29 is 14.7 Å². The summed E-state index contributed by atoms with van der Waals surface area (Å²) in [5.74, 6) is -1.09. The summed E-state index contributed by atoms with van der Waals surface area (Å²) < 4.78 is 0. The number of carboxylic acids is 1. The Morgan fingerprint density at radius 3 is 2.11 bits per heavy atom. The third-order valence-electron chi connectivity index (χ3n) is 3.62. The van der Waals surface area contributed by atoms with Gasteiger partial charge < -0.3 is 15.3 Å². The maximum atomic E-state index is 12.0.